The van der Waals surface area contributed by atoms with Gasteiger partial charge in [-0.05, 0) is 52.6 Å². The van der Waals surface area contributed by atoms with Gasteiger partial charge in [-0.2, -0.15) is 0 Å². The summed E-state index contributed by atoms with van der Waals surface area (Å²) in [6.07, 6.45) is 0. The van der Waals surface area contributed by atoms with Crippen molar-refractivity contribution in [2.75, 3.05) is 0 Å². The van der Waals surface area contributed by atoms with Gasteiger partial charge in [0.25, 0.3) is 0 Å². The number of nitrogens with zero attached hydrogens (tertiary/aromatic N) is 5. The van der Waals surface area contributed by atoms with E-state index in [1.165, 1.54) is 26.9 Å². The standard InChI is InChI=1S/C43H25N5/c1-3-12-26(13-4-1)40-31-18-9-10-20-33(31)45-43(46-40)47-35-21-11-19-30-32-24-28-16-7-8-17-29(28)25-37(32)48-41-34(22-23-36(47)39(41)38(30)35)44-42(48)27-14-5-2-6-15-27/h1-25H. The lowest BCUT2D eigenvalue weighted by atomic mass is 10.0. The zero-order chi connectivity index (χ0) is 31.3. The van der Waals surface area contributed by atoms with Crippen LogP contribution in [0.25, 0.3) is 99.4 Å². The highest BCUT2D eigenvalue weighted by Crippen LogP contribution is 2.44. The van der Waals surface area contributed by atoms with E-state index in [4.69, 9.17) is 15.0 Å². The molecule has 0 aliphatic heterocycles. The summed E-state index contributed by atoms with van der Waals surface area (Å²) in [7, 11) is 0. The third-order valence-electron chi connectivity index (χ3n) is 9.84. The van der Waals surface area contributed by atoms with Gasteiger partial charge in [0.1, 0.15) is 5.82 Å². The monoisotopic (exact) mass is 611 g/mol. The van der Waals surface area contributed by atoms with Crippen molar-refractivity contribution in [2.24, 2.45) is 0 Å². The largest absolute Gasteiger partial charge is 0.291 e. The Morgan fingerprint density at radius 3 is 1.94 bits per heavy atom. The summed E-state index contributed by atoms with van der Waals surface area (Å²) in [5.74, 6) is 1.58. The summed E-state index contributed by atoms with van der Waals surface area (Å²) in [4.78, 5) is 15.9. The van der Waals surface area contributed by atoms with Gasteiger partial charge in [-0.1, -0.05) is 115 Å². The summed E-state index contributed by atoms with van der Waals surface area (Å²) in [5, 5.41) is 8.15. The number of rotatable bonds is 3. The highest BCUT2D eigenvalue weighted by atomic mass is 15.2. The molecule has 7 aromatic carbocycles. The van der Waals surface area contributed by atoms with Crippen LogP contribution in [0.1, 0.15) is 0 Å². The van der Waals surface area contributed by atoms with Crippen molar-refractivity contribution in [3.63, 3.8) is 0 Å². The number of fused-ring (bicyclic) bond motifs is 5. The van der Waals surface area contributed by atoms with Gasteiger partial charge in [0.05, 0.1) is 38.8 Å². The van der Waals surface area contributed by atoms with Gasteiger partial charge in [0.2, 0.25) is 5.95 Å². The number of para-hydroxylation sites is 1. The smallest absolute Gasteiger partial charge is 0.235 e. The van der Waals surface area contributed by atoms with E-state index in [-0.39, 0.29) is 0 Å². The van der Waals surface area contributed by atoms with Crippen molar-refractivity contribution in [1.29, 1.82) is 0 Å². The summed E-state index contributed by atoms with van der Waals surface area (Å²) in [5.41, 5.74) is 9.28. The molecule has 11 rings (SSSR count). The van der Waals surface area contributed by atoms with E-state index in [0.717, 1.165) is 66.5 Å². The molecule has 4 heterocycles. The first-order valence-corrected chi connectivity index (χ1v) is 16.2. The fourth-order valence-electron chi connectivity index (χ4n) is 7.77. The molecule has 0 fully saturated rings. The van der Waals surface area contributed by atoms with Crippen LogP contribution in [0.4, 0.5) is 0 Å². The second kappa shape index (κ2) is 9.47. The highest BCUT2D eigenvalue weighted by molar-refractivity contribution is 6.30. The van der Waals surface area contributed by atoms with Crippen LogP contribution in [0.5, 0.6) is 0 Å². The van der Waals surface area contributed by atoms with Gasteiger partial charge in [-0.25, -0.2) is 15.0 Å². The van der Waals surface area contributed by atoms with E-state index < -0.39 is 0 Å². The van der Waals surface area contributed by atoms with Gasteiger partial charge >= 0.3 is 0 Å². The second-order valence-corrected chi connectivity index (χ2v) is 12.5. The summed E-state index contributed by atoms with van der Waals surface area (Å²) < 4.78 is 4.63. The Hall–Kier alpha value is -6.59. The minimum Gasteiger partial charge on any atom is -0.291 e. The third-order valence-corrected chi connectivity index (χ3v) is 9.84. The van der Waals surface area contributed by atoms with Crippen molar-refractivity contribution >= 4 is 70.8 Å². The quantitative estimate of drug-likeness (QED) is 0.200. The third kappa shape index (κ3) is 3.42. The predicted octanol–water partition coefficient (Wildman–Crippen LogP) is 10.6. The SMILES string of the molecule is c1ccc(-c2nc(-n3c4cccc5c6cc7ccccc7cc6n6c(-c7ccccc7)nc7ccc3c(c54)c76)nc3ccccc23)cc1. The van der Waals surface area contributed by atoms with Crippen LogP contribution in [-0.2, 0) is 0 Å². The topological polar surface area (TPSA) is 48.0 Å². The molecule has 0 unspecified atom stereocenters. The fourth-order valence-corrected chi connectivity index (χ4v) is 7.77. The fraction of sp³-hybridized carbons (Fsp3) is 0. The molecule has 0 saturated heterocycles. The number of imidazole rings is 1. The van der Waals surface area contributed by atoms with Crippen molar-refractivity contribution in [3.8, 4) is 28.6 Å². The maximum Gasteiger partial charge on any atom is 0.235 e. The van der Waals surface area contributed by atoms with Crippen molar-refractivity contribution in [2.45, 2.75) is 0 Å². The average molecular weight is 612 g/mol. The van der Waals surface area contributed by atoms with Gasteiger partial charge in [0, 0.05) is 32.7 Å². The first kappa shape index (κ1) is 25.6. The van der Waals surface area contributed by atoms with Crippen LogP contribution in [0, 0.1) is 0 Å². The van der Waals surface area contributed by atoms with Crippen molar-refractivity contribution in [3.05, 3.63) is 152 Å². The van der Waals surface area contributed by atoms with Crippen LogP contribution in [0.2, 0.25) is 0 Å². The number of hydrogen-bond acceptors (Lipinski definition) is 3. The zero-order valence-corrected chi connectivity index (χ0v) is 25.7. The Balaban J connectivity index is 1.37. The normalized spacial score (nSPS) is 12.2. The van der Waals surface area contributed by atoms with Crippen LogP contribution in [0.15, 0.2) is 152 Å². The van der Waals surface area contributed by atoms with Gasteiger partial charge in [-0.15, -0.1) is 0 Å². The van der Waals surface area contributed by atoms with E-state index in [0.29, 0.717) is 5.95 Å². The van der Waals surface area contributed by atoms with Gasteiger partial charge in [0.15, 0.2) is 0 Å². The summed E-state index contributed by atoms with van der Waals surface area (Å²) >= 11 is 0. The van der Waals surface area contributed by atoms with E-state index in [9.17, 15) is 0 Å². The molecule has 0 N–H and O–H groups in total. The number of benzene rings is 7. The Morgan fingerprint density at radius 2 is 1.10 bits per heavy atom. The van der Waals surface area contributed by atoms with Crippen LogP contribution in [-0.4, -0.2) is 23.9 Å². The lowest BCUT2D eigenvalue weighted by molar-refractivity contribution is 1.01. The molecule has 48 heavy (non-hydrogen) atoms. The van der Waals surface area contributed by atoms with E-state index in [1.54, 1.807) is 0 Å². The van der Waals surface area contributed by atoms with Crippen LogP contribution < -0.4 is 0 Å². The highest BCUT2D eigenvalue weighted by Gasteiger charge is 2.25. The second-order valence-electron chi connectivity index (χ2n) is 12.5. The Bertz CT molecular complexity index is 3050. The molecular formula is C43H25N5. The van der Waals surface area contributed by atoms with Crippen LogP contribution >= 0.6 is 0 Å². The molecule has 0 saturated carbocycles. The summed E-state index contributed by atoms with van der Waals surface area (Å²) in [6.45, 7) is 0. The molecule has 0 bridgehead atoms. The molecule has 0 aliphatic carbocycles. The Labute approximate surface area is 274 Å². The average Bonchev–Trinajstić information content (AvgIpc) is 3.67. The first-order valence-electron chi connectivity index (χ1n) is 16.2. The summed E-state index contributed by atoms with van der Waals surface area (Å²) in [6, 6.07) is 53.5. The van der Waals surface area contributed by atoms with Crippen LogP contribution in [0.3, 0.4) is 0 Å². The number of hydrogen-bond donors (Lipinski definition) is 0. The molecule has 0 aliphatic rings. The molecule has 11 aromatic rings. The molecule has 0 spiro atoms. The Kier molecular flexibility index (Phi) is 5.05. The maximum atomic E-state index is 5.33. The minimum absolute atomic E-state index is 0.651. The lowest BCUT2D eigenvalue weighted by Gasteiger charge is -2.12. The molecule has 5 nitrogen and oxygen atoms in total. The Morgan fingerprint density at radius 1 is 0.417 bits per heavy atom. The van der Waals surface area contributed by atoms with E-state index in [2.05, 4.69) is 148 Å². The first-order chi connectivity index (χ1) is 23.8. The number of aromatic nitrogens is 5. The van der Waals surface area contributed by atoms with E-state index in [1.807, 2.05) is 12.1 Å². The molecular weight excluding hydrogens is 587 g/mol. The zero-order valence-electron chi connectivity index (χ0n) is 25.7. The van der Waals surface area contributed by atoms with Gasteiger partial charge < -0.3 is 0 Å². The molecule has 4 aromatic heterocycles. The molecule has 0 radical (unpaired) electrons. The molecule has 0 atom stereocenters. The molecule has 5 heteroatoms. The maximum absolute atomic E-state index is 5.33. The minimum atomic E-state index is 0.651. The molecule has 0 amide bonds. The van der Waals surface area contributed by atoms with Gasteiger partial charge in [-0.3, -0.25) is 8.97 Å². The van der Waals surface area contributed by atoms with Crippen molar-refractivity contribution in [1.82, 2.24) is 23.9 Å². The predicted molar refractivity (Wildman–Crippen MR) is 197 cm³/mol. The molecule has 222 valence electrons. The van der Waals surface area contributed by atoms with E-state index >= 15 is 0 Å². The van der Waals surface area contributed by atoms with Crippen molar-refractivity contribution < 1.29 is 0 Å². The lowest BCUT2D eigenvalue weighted by Crippen LogP contribution is -2.03.